The van der Waals surface area contributed by atoms with Crippen LogP contribution in [0, 0.1) is 0 Å². The molecule has 0 spiro atoms. The van der Waals surface area contributed by atoms with Gasteiger partial charge in [-0.25, -0.2) is 0 Å². The van der Waals surface area contributed by atoms with Crippen molar-refractivity contribution in [2.45, 2.75) is 13.8 Å². The normalized spacial score (nSPS) is 13.7. The molecule has 0 aliphatic rings. The molecular formula is C5H10ClN. The van der Waals surface area contributed by atoms with E-state index in [1.807, 2.05) is 13.8 Å². The smallest absolute Gasteiger partial charge is 0.0151 e. The van der Waals surface area contributed by atoms with Crippen LogP contribution in [-0.4, -0.2) is 6.54 Å². The van der Waals surface area contributed by atoms with Crippen LogP contribution in [0.5, 0.6) is 0 Å². The van der Waals surface area contributed by atoms with E-state index in [0.29, 0.717) is 6.54 Å². The Kier molecular flexibility index (Phi) is 3.05. The Morgan fingerprint density at radius 3 is 2.00 bits per heavy atom. The first-order valence-electron chi connectivity index (χ1n) is 2.20. The fourth-order valence-electron chi connectivity index (χ4n) is 0.141. The van der Waals surface area contributed by atoms with Crippen molar-refractivity contribution in [2.75, 3.05) is 6.54 Å². The van der Waals surface area contributed by atoms with E-state index in [2.05, 4.69) is 0 Å². The second kappa shape index (κ2) is 3.05. The second-order valence-electron chi connectivity index (χ2n) is 1.52. The van der Waals surface area contributed by atoms with Crippen LogP contribution in [0.2, 0.25) is 0 Å². The zero-order valence-corrected chi connectivity index (χ0v) is 5.42. The van der Waals surface area contributed by atoms with E-state index in [1.165, 1.54) is 0 Å². The molecule has 0 saturated heterocycles. The fourth-order valence-corrected chi connectivity index (χ4v) is 0.218. The molecule has 0 aromatic heterocycles. The minimum Gasteiger partial charge on any atom is -0.327 e. The second-order valence-corrected chi connectivity index (χ2v) is 2.08. The summed E-state index contributed by atoms with van der Waals surface area (Å²) in [5.74, 6) is 0. The molecule has 2 heteroatoms. The van der Waals surface area contributed by atoms with Crippen molar-refractivity contribution >= 4 is 11.6 Å². The Hall–Kier alpha value is -0.0100. The number of nitrogens with two attached hydrogens (primary N) is 1. The van der Waals surface area contributed by atoms with E-state index >= 15 is 0 Å². The highest BCUT2D eigenvalue weighted by Gasteiger charge is 1.85. The molecule has 0 heterocycles. The van der Waals surface area contributed by atoms with Gasteiger partial charge >= 0.3 is 0 Å². The SMILES string of the molecule is C/C(Cl)=C(/C)CN. The zero-order valence-electron chi connectivity index (χ0n) is 4.66. The van der Waals surface area contributed by atoms with Crippen LogP contribution in [-0.2, 0) is 0 Å². The molecule has 7 heavy (non-hydrogen) atoms. The summed E-state index contributed by atoms with van der Waals surface area (Å²) in [6.45, 7) is 4.32. The molecule has 0 aromatic rings. The summed E-state index contributed by atoms with van der Waals surface area (Å²) in [7, 11) is 0. The number of rotatable bonds is 1. The molecule has 2 N–H and O–H groups in total. The van der Waals surface area contributed by atoms with Crippen LogP contribution in [0.25, 0.3) is 0 Å². The summed E-state index contributed by atoms with van der Waals surface area (Å²) in [6, 6.07) is 0. The van der Waals surface area contributed by atoms with Crippen molar-refractivity contribution in [3.8, 4) is 0 Å². The van der Waals surface area contributed by atoms with E-state index in [1.54, 1.807) is 0 Å². The van der Waals surface area contributed by atoms with Gasteiger partial charge in [-0.2, -0.15) is 0 Å². The summed E-state index contributed by atoms with van der Waals surface area (Å²) < 4.78 is 0. The van der Waals surface area contributed by atoms with E-state index < -0.39 is 0 Å². The lowest BCUT2D eigenvalue weighted by atomic mass is 10.3. The fraction of sp³-hybridized carbons (Fsp3) is 0.600. The Morgan fingerprint density at radius 2 is 2.00 bits per heavy atom. The predicted octanol–water partition coefficient (Wildman–Crippen LogP) is 1.48. The van der Waals surface area contributed by atoms with Gasteiger partial charge in [-0.1, -0.05) is 11.6 Å². The van der Waals surface area contributed by atoms with Gasteiger partial charge < -0.3 is 5.73 Å². The Bertz CT molecular complexity index is 82.1. The first kappa shape index (κ1) is 6.99. The highest BCUT2D eigenvalue weighted by molar-refractivity contribution is 6.29. The van der Waals surface area contributed by atoms with Crippen molar-refractivity contribution in [3.05, 3.63) is 10.6 Å². The highest BCUT2D eigenvalue weighted by Crippen LogP contribution is 2.04. The van der Waals surface area contributed by atoms with Gasteiger partial charge in [0.15, 0.2) is 0 Å². The first-order valence-corrected chi connectivity index (χ1v) is 2.58. The van der Waals surface area contributed by atoms with Crippen LogP contribution in [0.1, 0.15) is 13.8 Å². The number of halogens is 1. The van der Waals surface area contributed by atoms with E-state index in [0.717, 1.165) is 10.6 Å². The van der Waals surface area contributed by atoms with Crippen LogP contribution in [0.15, 0.2) is 10.6 Å². The summed E-state index contributed by atoms with van der Waals surface area (Å²) >= 11 is 5.53. The lowest BCUT2D eigenvalue weighted by Crippen LogP contribution is -1.99. The summed E-state index contributed by atoms with van der Waals surface area (Å²) in [4.78, 5) is 0. The zero-order chi connectivity index (χ0) is 5.86. The molecule has 42 valence electrons. The van der Waals surface area contributed by atoms with Gasteiger partial charge in [0.2, 0.25) is 0 Å². The van der Waals surface area contributed by atoms with Crippen molar-refractivity contribution in [2.24, 2.45) is 5.73 Å². The molecule has 0 aromatic carbocycles. The average molecular weight is 120 g/mol. The van der Waals surface area contributed by atoms with Gasteiger partial charge in [0.25, 0.3) is 0 Å². The quantitative estimate of drug-likeness (QED) is 0.556. The van der Waals surface area contributed by atoms with E-state index in [-0.39, 0.29) is 0 Å². The molecule has 0 aliphatic carbocycles. The molecule has 0 saturated carbocycles. The molecule has 0 aliphatic heterocycles. The minimum absolute atomic E-state index is 0.565. The van der Waals surface area contributed by atoms with Crippen molar-refractivity contribution < 1.29 is 0 Å². The van der Waals surface area contributed by atoms with Gasteiger partial charge in [0.1, 0.15) is 0 Å². The van der Waals surface area contributed by atoms with Crippen molar-refractivity contribution in [3.63, 3.8) is 0 Å². The highest BCUT2D eigenvalue weighted by atomic mass is 35.5. The first-order chi connectivity index (χ1) is 3.18. The average Bonchev–Trinajstić information content (AvgIpc) is 1.65. The standard InChI is InChI=1S/C5H10ClN/c1-4(3-7)5(2)6/h3,7H2,1-2H3/b5-4+. The molecule has 0 fully saturated rings. The van der Waals surface area contributed by atoms with Gasteiger partial charge in [-0.15, -0.1) is 0 Å². The minimum atomic E-state index is 0.565. The molecule has 0 amide bonds. The van der Waals surface area contributed by atoms with Crippen LogP contribution in [0.3, 0.4) is 0 Å². The third kappa shape index (κ3) is 2.66. The molecular weight excluding hydrogens is 110 g/mol. The summed E-state index contributed by atoms with van der Waals surface area (Å²) in [5.41, 5.74) is 6.29. The maximum Gasteiger partial charge on any atom is 0.0151 e. The Balaban J connectivity index is 3.72. The maximum atomic E-state index is 5.53. The maximum absolute atomic E-state index is 5.53. The van der Waals surface area contributed by atoms with Gasteiger partial charge in [-0.3, -0.25) is 0 Å². The van der Waals surface area contributed by atoms with Crippen LogP contribution >= 0.6 is 11.6 Å². The largest absolute Gasteiger partial charge is 0.327 e. The van der Waals surface area contributed by atoms with Gasteiger partial charge in [0.05, 0.1) is 0 Å². The molecule has 0 atom stereocenters. The predicted molar refractivity (Wildman–Crippen MR) is 33.3 cm³/mol. The third-order valence-electron chi connectivity index (χ3n) is 0.894. The number of allylic oxidation sites excluding steroid dienone is 1. The van der Waals surface area contributed by atoms with E-state index in [4.69, 9.17) is 17.3 Å². The molecule has 0 radical (unpaired) electrons. The summed E-state index contributed by atoms with van der Waals surface area (Å²) in [6.07, 6.45) is 0. The van der Waals surface area contributed by atoms with Crippen molar-refractivity contribution in [1.82, 2.24) is 0 Å². The lowest BCUT2D eigenvalue weighted by molar-refractivity contribution is 1.12. The molecule has 1 nitrogen and oxygen atoms in total. The van der Waals surface area contributed by atoms with Gasteiger partial charge in [-0.05, 0) is 19.4 Å². The van der Waals surface area contributed by atoms with Crippen LogP contribution < -0.4 is 5.73 Å². The van der Waals surface area contributed by atoms with Crippen LogP contribution in [0.4, 0.5) is 0 Å². The van der Waals surface area contributed by atoms with Crippen molar-refractivity contribution in [1.29, 1.82) is 0 Å². The number of hydrogen-bond acceptors (Lipinski definition) is 1. The monoisotopic (exact) mass is 119 g/mol. The lowest BCUT2D eigenvalue weighted by Gasteiger charge is -1.92. The topological polar surface area (TPSA) is 26.0 Å². The van der Waals surface area contributed by atoms with Gasteiger partial charge in [0, 0.05) is 11.6 Å². The van der Waals surface area contributed by atoms with E-state index in [9.17, 15) is 0 Å². The third-order valence-corrected chi connectivity index (χ3v) is 1.22. The summed E-state index contributed by atoms with van der Waals surface area (Å²) in [5, 5.41) is 0.808. The number of hydrogen-bond donors (Lipinski definition) is 1. The molecule has 0 rings (SSSR count). The Labute approximate surface area is 49.2 Å². The molecule has 0 unspecified atom stereocenters. The molecule has 0 bridgehead atoms. The Morgan fingerprint density at radius 1 is 1.57 bits per heavy atom.